The van der Waals surface area contributed by atoms with Crippen LogP contribution in [0.15, 0.2) is 23.1 Å². The van der Waals surface area contributed by atoms with E-state index in [1.165, 1.54) is 11.8 Å². The molecule has 0 aliphatic rings. The van der Waals surface area contributed by atoms with Crippen LogP contribution in [0.4, 0.5) is 0 Å². The predicted molar refractivity (Wildman–Crippen MR) is 60.8 cm³/mol. The zero-order chi connectivity index (χ0) is 10.6. The van der Waals surface area contributed by atoms with Gasteiger partial charge in [0.15, 0.2) is 0 Å². The normalized spacial score (nSPS) is 12.1. The summed E-state index contributed by atoms with van der Waals surface area (Å²) in [7, 11) is 0. The SMILES string of the molecule is N#CC(N)CSc1ccc(Cl)c(Cl)c1. The molecule has 0 saturated carbocycles. The van der Waals surface area contributed by atoms with E-state index in [0.717, 1.165) is 4.90 Å². The van der Waals surface area contributed by atoms with Gasteiger partial charge in [0, 0.05) is 10.6 Å². The van der Waals surface area contributed by atoms with Crippen LogP contribution >= 0.6 is 35.0 Å². The van der Waals surface area contributed by atoms with Crippen molar-refractivity contribution in [3.05, 3.63) is 28.2 Å². The fourth-order valence-corrected chi connectivity index (χ4v) is 1.96. The third-order valence-corrected chi connectivity index (χ3v) is 3.34. The van der Waals surface area contributed by atoms with Gasteiger partial charge in [-0.25, -0.2) is 0 Å². The summed E-state index contributed by atoms with van der Waals surface area (Å²) >= 11 is 13.1. The minimum absolute atomic E-state index is 0.450. The Morgan fingerprint density at radius 1 is 1.43 bits per heavy atom. The zero-order valence-electron chi connectivity index (χ0n) is 7.21. The fraction of sp³-hybridized carbons (Fsp3) is 0.222. The summed E-state index contributed by atoms with van der Waals surface area (Å²) in [4.78, 5) is 0.963. The quantitative estimate of drug-likeness (QED) is 0.835. The van der Waals surface area contributed by atoms with E-state index in [2.05, 4.69) is 0 Å². The Kier molecular flexibility index (Phi) is 4.56. The molecule has 0 aliphatic carbocycles. The second-order valence-corrected chi connectivity index (χ2v) is 4.53. The number of nitrogens with zero attached hydrogens (tertiary/aromatic N) is 1. The summed E-state index contributed by atoms with van der Waals surface area (Å²) in [6.07, 6.45) is 0. The molecular weight excluding hydrogens is 239 g/mol. The number of benzene rings is 1. The van der Waals surface area contributed by atoms with Crippen LogP contribution in [-0.2, 0) is 0 Å². The Morgan fingerprint density at radius 3 is 2.71 bits per heavy atom. The number of hydrogen-bond donors (Lipinski definition) is 1. The highest BCUT2D eigenvalue weighted by atomic mass is 35.5. The van der Waals surface area contributed by atoms with Crippen LogP contribution in [-0.4, -0.2) is 11.8 Å². The lowest BCUT2D eigenvalue weighted by atomic mass is 10.4. The standard InChI is InChI=1S/C9H8Cl2N2S/c10-8-2-1-7(3-9(8)11)14-5-6(13)4-12/h1-3,6H,5,13H2. The van der Waals surface area contributed by atoms with Crippen molar-refractivity contribution in [2.24, 2.45) is 5.73 Å². The highest BCUT2D eigenvalue weighted by molar-refractivity contribution is 7.99. The molecule has 2 N–H and O–H groups in total. The first-order chi connectivity index (χ1) is 6.63. The van der Waals surface area contributed by atoms with E-state index in [4.69, 9.17) is 34.2 Å². The Hall–Kier alpha value is -0.400. The van der Waals surface area contributed by atoms with E-state index in [-0.39, 0.29) is 0 Å². The summed E-state index contributed by atoms with van der Waals surface area (Å²) in [6, 6.07) is 6.85. The van der Waals surface area contributed by atoms with Gasteiger partial charge in [-0.3, -0.25) is 0 Å². The van der Waals surface area contributed by atoms with E-state index in [1.54, 1.807) is 12.1 Å². The zero-order valence-corrected chi connectivity index (χ0v) is 9.53. The molecule has 2 nitrogen and oxygen atoms in total. The van der Waals surface area contributed by atoms with Crippen molar-refractivity contribution in [3.63, 3.8) is 0 Å². The maximum atomic E-state index is 8.48. The topological polar surface area (TPSA) is 49.8 Å². The number of thioether (sulfide) groups is 1. The minimum Gasteiger partial charge on any atom is -0.315 e. The molecule has 0 saturated heterocycles. The average Bonchev–Trinajstić information content (AvgIpc) is 2.19. The minimum atomic E-state index is -0.450. The molecule has 5 heteroatoms. The summed E-state index contributed by atoms with van der Waals surface area (Å²) in [6.45, 7) is 0. The van der Waals surface area contributed by atoms with E-state index < -0.39 is 6.04 Å². The van der Waals surface area contributed by atoms with Gasteiger partial charge in [0.25, 0.3) is 0 Å². The van der Waals surface area contributed by atoms with Crippen molar-refractivity contribution in [2.45, 2.75) is 10.9 Å². The number of nitrogens with two attached hydrogens (primary N) is 1. The molecule has 1 aromatic carbocycles. The molecule has 0 heterocycles. The lowest BCUT2D eigenvalue weighted by Crippen LogP contribution is -2.19. The van der Waals surface area contributed by atoms with Crippen molar-refractivity contribution < 1.29 is 0 Å². The van der Waals surface area contributed by atoms with Gasteiger partial charge in [-0.15, -0.1) is 11.8 Å². The number of hydrogen-bond acceptors (Lipinski definition) is 3. The van der Waals surface area contributed by atoms with Gasteiger partial charge in [-0.05, 0) is 18.2 Å². The predicted octanol–water partition coefficient (Wildman–Crippen LogP) is 2.94. The number of halogens is 2. The molecule has 0 bridgehead atoms. The largest absolute Gasteiger partial charge is 0.315 e. The second kappa shape index (κ2) is 5.47. The highest BCUT2D eigenvalue weighted by Gasteiger charge is 2.03. The molecule has 0 amide bonds. The molecule has 0 fully saturated rings. The molecule has 1 rings (SSSR count). The Labute approximate surface area is 97.0 Å². The van der Waals surface area contributed by atoms with Crippen LogP contribution < -0.4 is 5.73 Å². The third-order valence-electron chi connectivity index (χ3n) is 1.49. The molecule has 1 unspecified atom stereocenters. The van der Waals surface area contributed by atoms with Crippen LogP contribution in [0.3, 0.4) is 0 Å². The van der Waals surface area contributed by atoms with E-state index in [0.29, 0.717) is 15.8 Å². The van der Waals surface area contributed by atoms with Gasteiger partial charge in [0.05, 0.1) is 16.1 Å². The Morgan fingerprint density at radius 2 is 2.14 bits per heavy atom. The summed E-state index contributed by atoms with van der Waals surface area (Å²) < 4.78 is 0. The second-order valence-electron chi connectivity index (χ2n) is 2.62. The molecule has 1 atom stereocenters. The third kappa shape index (κ3) is 3.39. The molecular formula is C9H8Cl2N2S. The molecule has 0 aliphatic heterocycles. The Balaban J connectivity index is 2.61. The first kappa shape index (κ1) is 11.7. The number of rotatable bonds is 3. The van der Waals surface area contributed by atoms with Gasteiger partial charge in [-0.1, -0.05) is 23.2 Å². The van der Waals surface area contributed by atoms with Gasteiger partial charge >= 0.3 is 0 Å². The average molecular weight is 247 g/mol. The first-order valence-electron chi connectivity index (χ1n) is 3.86. The highest BCUT2D eigenvalue weighted by Crippen LogP contribution is 2.27. The van der Waals surface area contributed by atoms with Gasteiger partial charge in [-0.2, -0.15) is 5.26 Å². The van der Waals surface area contributed by atoms with Gasteiger partial charge in [0.1, 0.15) is 6.04 Å². The monoisotopic (exact) mass is 246 g/mol. The van der Waals surface area contributed by atoms with Crippen molar-refractivity contribution in [3.8, 4) is 6.07 Å². The van der Waals surface area contributed by atoms with Crippen molar-refractivity contribution in [2.75, 3.05) is 5.75 Å². The molecule has 1 aromatic rings. The van der Waals surface area contributed by atoms with Crippen LogP contribution in [0.2, 0.25) is 10.0 Å². The Bertz CT molecular complexity index is 362. The summed E-state index contributed by atoms with van der Waals surface area (Å²) in [5.74, 6) is 0.550. The van der Waals surface area contributed by atoms with E-state index in [1.807, 2.05) is 12.1 Å². The fourth-order valence-electron chi connectivity index (χ4n) is 0.790. The van der Waals surface area contributed by atoms with Crippen molar-refractivity contribution >= 4 is 35.0 Å². The molecule has 0 radical (unpaired) electrons. The first-order valence-corrected chi connectivity index (χ1v) is 5.60. The lowest BCUT2D eigenvalue weighted by molar-refractivity contribution is 0.953. The van der Waals surface area contributed by atoms with Gasteiger partial charge in [0.2, 0.25) is 0 Å². The van der Waals surface area contributed by atoms with Crippen LogP contribution in [0.1, 0.15) is 0 Å². The van der Waals surface area contributed by atoms with Crippen molar-refractivity contribution in [1.82, 2.24) is 0 Å². The van der Waals surface area contributed by atoms with E-state index in [9.17, 15) is 0 Å². The van der Waals surface area contributed by atoms with Crippen LogP contribution in [0.5, 0.6) is 0 Å². The summed E-state index contributed by atoms with van der Waals surface area (Å²) in [5, 5.41) is 9.52. The number of nitriles is 1. The maximum Gasteiger partial charge on any atom is 0.102 e. The van der Waals surface area contributed by atoms with Crippen molar-refractivity contribution in [1.29, 1.82) is 5.26 Å². The molecule has 14 heavy (non-hydrogen) atoms. The summed E-state index contributed by atoms with van der Waals surface area (Å²) in [5.41, 5.74) is 5.45. The molecule has 0 aromatic heterocycles. The van der Waals surface area contributed by atoms with Crippen LogP contribution in [0, 0.1) is 11.3 Å². The maximum absolute atomic E-state index is 8.48. The molecule has 74 valence electrons. The lowest BCUT2D eigenvalue weighted by Gasteiger charge is -2.03. The van der Waals surface area contributed by atoms with Gasteiger partial charge < -0.3 is 5.73 Å². The molecule has 0 spiro atoms. The van der Waals surface area contributed by atoms with Crippen LogP contribution in [0.25, 0.3) is 0 Å². The van der Waals surface area contributed by atoms with E-state index >= 15 is 0 Å². The smallest absolute Gasteiger partial charge is 0.102 e.